The lowest BCUT2D eigenvalue weighted by atomic mass is 10.1. The second-order valence-electron chi connectivity index (χ2n) is 6.91. The van der Waals surface area contributed by atoms with Crippen LogP contribution in [0.25, 0.3) is 0 Å². The Labute approximate surface area is 166 Å². The monoisotopic (exact) mass is 381 g/mol. The van der Waals surface area contributed by atoms with Gasteiger partial charge in [-0.25, -0.2) is 0 Å². The lowest BCUT2D eigenvalue weighted by molar-refractivity contribution is -0.132. The van der Waals surface area contributed by atoms with Gasteiger partial charge in [0.15, 0.2) is 0 Å². The molecule has 1 heterocycles. The van der Waals surface area contributed by atoms with Gasteiger partial charge in [0.1, 0.15) is 5.75 Å². The average molecular weight is 381 g/mol. The van der Waals surface area contributed by atoms with Crippen molar-refractivity contribution in [1.29, 1.82) is 0 Å². The summed E-state index contributed by atoms with van der Waals surface area (Å²) in [6.07, 6.45) is 0.859. The molecule has 0 aromatic heterocycles. The molecular weight excluding hydrogens is 354 g/mol. The summed E-state index contributed by atoms with van der Waals surface area (Å²) in [5, 5.41) is 2.90. The van der Waals surface area contributed by atoms with E-state index in [1.54, 1.807) is 7.11 Å². The molecule has 1 saturated heterocycles. The zero-order valence-corrected chi connectivity index (χ0v) is 16.3. The number of hydrogen-bond acceptors (Lipinski definition) is 4. The van der Waals surface area contributed by atoms with Gasteiger partial charge in [0, 0.05) is 44.8 Å². The maximum absolute atomic E-state index is 12.5. The van der Waals surface area contributed by atoms with Crippen LogP contribution in [0.4, 0.5) is 5.69 Å². The number of carbonyl (C=O) groups is 2. The number of benzene rings is 2. The zero-order valence-electron chi connectivity index (χ0n) is 16.3. The summed E-state index contributed by atoms with van der Waals surface area (Å²) in [6.45, 7) is 3.71. The van der Waals surface area contributed by atoms with Gasteiger partial charge in [-0.2, -0.15) is 0 Å². The molecule has 0 atom stereocenters. The van der Waals surface area contributed by atoms with Crippen LogP contribution in [0.2, 0.25) is 0 Å². The standard InChI is InChI=1S/C22H27N3O3/c1-28-20-9-7-18(8-10-20)17-22(27)25-15-13-24(14-16-25)12-11-21(26)23-19-5-3-2-4-6-19/h2-10H,11-17H2,1H3,(H,23,26). The number of amides is 2. The number of para-hydroxylation sites is 1. The van der Waals surface area contributed by atoms with Gasteiger partial charge in [0.05, 0.1) is 13.5 Å². The average Bonchev–Trinajstić information content (AvgIpc) is 2.74. The van der Waals surface area contributed by atoms with E-state index in [-0.39, 0.29) is 11.8 Å². The molecule has 0 saturated carbocycles. The lowest BCUT2D eigenvalue weighted by Crippen LogP contribution is -2.49. The third-order valence-corrected chi connectivity index (χ3v) is 4.95. The molecule has 3 rings (SSSR count). The number of ether oxygens (including phenoxy) is 1. The zero-order chi connectivity index (χ0) is 19.8. The normalized spacial score (nSPS) is 14.5. The maximum Gasteiger partial charge on any atom is 0.227 e. The fourth-order valence-corrected chi connectivity index (χ4v) is 3.26. The molecule has 0 bridgehead atoms. The Bertz CT molecular complexity index is 769. The van der Waals surface area contributed by atoms with Crippen LogP contribution in [-0.4, -0.2) is 61.4 Å². The van der Waals surface area contributed by atoms with Gasteiger partial charge in [0.2, 0.25) is 11.8 Å². The number of hydrogen-bond donors (Lipinski definition) is 1. The Morgan fingerprint density at radius 1 is 0.964 bits per heavy atom. The highest BCUT2D eigenvalue weighted by Crippen LogP contribution is 2.13. The topological polar surface area (TPSA) is 61.9 Å². The molecule has 0 unspecified atom stereocenters. The number of nitrogens with zero attached hydrogens (tertiary/aromatic N) is 2. The smallest absolute Gasteiger partial charge is 0.227 e. The minimum absolute atomic E-state index is 0.0178. The predicted octanol–water partition coefficient (Wildman–Crippen LogP) is 2.41. The molecule has 2 aromatic carbocycles. The van der Waals surface area contributed by atoms with E-state index in [2.05, 4.69) is 10.2 Å². The minimum Gasteiger partial charge on any atom is -0.497 e. The van der Waals surface area contributed by atoms with E-state index >= 15 is 0 Å². The van der Waals surface area contributed by atoms with E-state index in [0.717, 1.165) is 30.1 Å². The number of rotatable bonds is 7. The van der Waals surface area contributed by atoms with Crippen molar-refractivity contribution >= 4 is 17.5 Å². The van der Waals surface area contributed by atoms with E-state index in [1.165, 1.54) is 0 Å². The van der Waals surface area contributed by atoms with E-state index in [4.69, 9.17) is 4.74 Å². The third-order valence-electron chi connectivity index (χ3n) is 4.95. The largest absolute Gasteiger partial charge is 0.497 e. The molecule has 6 nitrogen and oxygen atoms in total. The number of anilines is 1. The predicted molar refractivity (Wildman–Crippen MR) is 109 cm³/mol. The van der Waals surface area contributed by atoms with Crippen LogP contribution in [0.15, 0.2) is 54.6 Å². The quantitative estimate of drug-likeness (QED) is 0.800. The van der Waals surface area contributed by atoms with Crippen molar-refractivity contribution < 1.29 is 14.3 Å². The SMILES string of the molecule is COc1ccc(CC(=O)N2CCN(CCC(=O)Nc3ccccc3)CC2)cc1. The molecular formula is C22H27N3O3. The van der Waals surface area contributed by atoms with Crippen LogP contribution in [-0.2, 0) is 16.0 Å². The Morgan fingerprint density at radius 3 is 2.29 bits per heavy atom. The summed E-state index contributed by atoms with van der Waals surface area (Å²) in [5.74, 6) is 0.956. The Morgan fingerprint density at radius 2 is 1.64 bits per heavy atom. The number of methoxy groups -OCH3 is 1. The molecule has 28 heavy (non-hydrogen) atoms. The van der Waals surface area contributed by atoms with E-state index in [9.17, 15) is 9.59 Å². The first kappa shape index (κ1) is 19.9. The second-order valence-corrected chi connectivity index (χ2v) is 6.91. The lowest BCUT2D eigenvalue weighted by Gasteiger charge is -2.34. The molecule has 148 valence electrons. The van der Waals surface area contributed by atoms with Crippen LogP contribution in [0.3, 0.4) is 0 Å². The molecule has 0 aliphatic carbocycles. The van der Waals surface area contributed by atoms with Crippen LogP contribution in [0.5, 0.6) is 5.75 Å². The number of nitrogens with one attached hydrogen (secondary N) is 1. The number of piperazine rings is 1. The maximum atomic E-state index is 12.5. The summed E-state index contributed by atoms with van der Waals surface area (Å²) in [6, 6.07) is 17.1. The molecule has 1 aliphatic heterocycles. The molecule has 1 N–H and O–H groups in total. The van der Waals surface area contributed by atoms with E-state index in [1.807, 2.05) is 59.5 Å². The van der Waals surface area contributed by atoms with Crippen LogP contribution < -0.4 is 10.1 Å². The second kappa shape index (κ2) is 9.90. The third kappa shape index (κ3) is 5.82. The highest BCUT2D eigenvalue weighted by molar-refractivity contribution is 5.90. The molecule has 6 heteroatoms. The van der Waals surface area contributed by atoms with Gasteiger partial charge in [-0.15, -0.1) is 0 Å². The molecule has 0 radical (unpaired) electrons. The first-order chi connectivity index (χ1) is 13.6. The van der Waals surface area contributed by atoms with Gasteiger partial charge in [0.25, 0.3) is 0 Å². The minimum atomic E-state index is 0.0178. The van der Waals surface area contributed by atoms with E-state index < -0.39 is 0 Å². The highest BCUT2D eigenvalue weighted by atomic mass is 16.5. The molecule has 0 spiro atoms. The number of carbonyl (C=O) groups excluding carboxylic acids is 2. The van der Waals surface area contributed by atoms with Gasteiger partial charge in [-0.1, -0.05) is 30.3 Å². The molecule has 2 amide bonds. The van der Waals surface area contributed by atoms with Crippen molar-refractivity contribution in [2.24, 2.45) is 0 Å². The van der Waals surface area contributed by atoms with Crippen molar-refractivity contribution in [3.05, 3.63) is 60.2 Å². The Hall–Kier alpha value is -2.86. The van der Waals surface area contributed by atoms with Crippen molar-refractivity contribution in [3.8, 4) is 5.75 Å². The van der Waals surface area contributed by atoms with E-state index in [0.29, 0.717) is 32.5 Å². The van der Waals surface area contributed by atoms with Crippen LogP contribution in [0.1, 0.15) is 12.0 Å². The van der Waals surface area contributed by atoms with Gasteiger partial charge < -0.3 is 15.0 Å². The van der Waals surface area contributed by atoms with Crippen molar-refractivity contribution in [2.45, 2.75) is 12.8 Å². The van der Waals surface area contributed by atoms with Gasteiger partial charge in [-0.05, 0) is 29.8 Å². The summed E-state index contributed by atoms with van der Waals surface area (Å²) in [7, 11) is 1.63. The van der Waals surface area contributed by atoms with Gasteiger partial charge in [-0.3, -0.25) is 14.5 Å². The van der Waals surface area contributed by atoms with Crippen molar-refractivity contribution in [2.75, 3.05) is 45.2 Å². The molecule has 2 aromatic rings. The van der Waals surface area contributed by atoms with Crippen LogP contribution >= 0.6 is 0 Å². The highest BCUT2D eigenvalue weighted by Gasteiger charge is 2.21. The summed E-state index contributed by atoms with van der Waals surface area (Å²) >= 11 is 0. The summed E-state index contributed by atoms with van der Waals surface area (Å²) in [5.41, 5.74) is 1.81. The first-order valence-corrected chi connectivity index (χ1v) is 9.62. The fraction of sp³-hybridized carbons (Fsp3) is 0.364. The van der Waals surface area contributed by atoms with Crippen LogP contribution in [0, 0.1) is 0 Å². The van der Waals surface area contributed by atoms with Crippen molar-refractivity contribution in [1.82, 2.24) is 9.80 Å². The van der Waals surface area contributed by atoms with Gasteiger partial charge >= 0.3 is 0 Å². The Balaban J connectivity index is 1.37. The van der Waals surface area contributed by atoms with Crippen molar-refractivity contribution in [3.63, 3.8) is 0 Å². The first-order valence-electron chi connectivity index (χ1n) is 9.62. The fourth-order valence-electron chi connectivity index (χ4n) is 3.26. The Kier molecular flexibility index (Phi) is 7.03. The molecule has 1 fully saturated rings. The summed E-state index contributed by atoms with van der Waals surface area (Å²) in [4.78, 5) is 28.7. The summed E-state index contributed by atoms with van der Waals surface area (Å²) < 4.78 is 5.15. The molecule has 1 aliphatic rings.